The van der Waals surface area contributed by atoms with Crippen molar-refractivity contribution in [3.05, 3.63) is 47.7 Å². The lowest BCUT2D eigenvalue weighted by Crippen LogP contribution is -2.39. The first kappa shape index (κ1) is 28.4. The van der Waals surface area contributed by atoms with E-state index in [1.165, 1.54) is 5.57 Å². The van der Waals surface area contributed by atoms with Crippen molar-refractivity contribution in [3.8, 4) is 11.5 Å². The highest BCUT2D eigenvalue weighted by Gasteiger charge is 2.38. The maximum atomic E-state index is 13.3. The summed E-state index contributed by atoms with van der Waals surface area (Å²) in [5, 5.41) is 10.5. The summed E-state index contributed by atoms with van der Waals surface area (Å²) in [6.07, 6.45) is 12.0. The molecular formula is C31H38N6O4. The molecular weight excluding hydrogens is 520 g/mol. The molecule has 5 rings (SSSR count). The number of amides is 1. The quantitative estimate of drug-likeness (QED) is 0.310. The average molecular weight is 559 g/mol. The molecule has 1 amide bonds. The van der Waals surface area contributed by atoms with Gasteiger partial charge in [0.25, 0.3) is 0 Å². The first-order valence-corrected chi connectivity index (χ1v) is 14.4. The van der Waals surface area contributed by atoms with E-state index in [0.29, 0.717) is 52.9 Å². The number of hydrogen-bond donors (Lipinski definition) is 2. The Balaban J connectivity index is 1.32. The van der Waals surface area contributed by atoms with E-state index in [1.807, 2.05) is 34.6 Å². The summed E-state index contributed by atoms with van der Waals surface area (Å²) in [6.45, 7) is 9.20. The largest absolute Gasteiger partial charge is 0.460 e. The molecule has 10 heteroatoms. The van der Waals surface area contributed by atoms with Crippen LogP contribution in [-0.4, -0.2) is 37.6 Å². The molecule has 3 aromatic rings. The third-order valence-corrected chi connectivity index (χ3v) is 7.51. The fraction of sp³-hybridized carbons (Fsp3) is 0.484. The van der Waals surface area contributed by atoms with Gasteiger partial charge in [0, 0.05) is 0 Å². The molecule has 3 heterocycles. The number of aryl methyl sites for hydroxylation is 2. The van der Waals surface area contributed by atoms with Gasteiger partial charge in [-0.15, -0.1) is 0 Å². The Morgan fingerprint density at radius 2 is 1.76 bits per heavy atom. The summed E-state index contributed by atoms with van der Waals surface area (Å²) >= 11 is 0. The van der Waals surface area contributed by atoms with Gasteiger partial charge in [0.2, 0.25) is 11.7 Å². The summed E-state index contributed by atoms with van der Waals surface area (Å²) in [5.41, 5.74) is 4.57. The lowest BCUT2D eigenvalue weighted by Gasteiger charge is -2.31. The zero-order valence-corrected chi connectivity index (χ0v) is 24.4. The molecule has 0 bridgehead atoms. The van der Waals surface area contributed by atoms with Gasteiger partial charge in [-0.25, -0.2) is 9.97 Å². The predicted octanol–water partition coefficient (Wildman–Crippen LogP) is 6.54. The molecule has 2 aliphatic rings. The topological polar surface area (TPSA) is 132 Å². The standard InChI is InChI=1S/C31H38N6O4/c1-18-23(35-29(38)21-12-8-9-13-22(21)30(39)40-31(3,4)5)14-15-24(33-18)28-27(19(2)37-41-28)36-26-17-32-16-25(34-26)20-10-6-7-11-20/h10,14-17,21-22H,6-9,11-13H2,1-5H3,(H,34,36)(H,35,38)/t21-,22-/m0/s1. The zero-order chi connectivity index (χ0) is 29.1. The predicted molar refractivity (Wildman–Crippen MR) is 156 cm³/mol. The van der Waals surface area contributed by atoms with E-state index < -0.39 is 17.4 Å². The Kier molecular flexibility index (Phi) is 8.19. The van der Waals surface area contributed by atoms with Gasteiger partial charge in [-0.3, -0.25) is 14.6 Å². The number of carbonyl (C=O) groups is 2. The monoisotopic (exact) mass is 558 g/mol. The van der Waals surface area contributed by atoms with Crippen molar-refractivity contribution in [2.75, 3.05) is 10.6 Å². The van der Waals surface area contributed by atoms with Crippen molar-refractivity contribution in [3.63, 3.8) is 0 Å². The van der Waals surface area contributed by atoms with Crippen LogP contribution in [0.5, 0.6) is 0 Å². The Morgan fingerprint density at radius 3 is 2.46 bits per heavy atom. The normalized spacial score (nSPS) is 19.0. The summed E-state index contributed by atoms with van der Waals surface area (Å²) in [5.74, 6) is -0.330. The molecule has 0 radical (unpaired) electrons. The Hall–Kier alpha value is -4.08. The molecule has 0 aromatic carbocycles. The molecule has 2 aliphatic carbocycles. The highest BCUT2D eigenvalue weighted by molar-refractivity contribution is 5.96. The number of anilines is 3. The van der Waals surface area contributed by atoms with Crippen LogP contribution in [0, 0.1) is 25.7 Å². The van der Waals surface area contributed by atoms with Gasteiger partial charge < -0.3 is 19.9 Å². The number of rotatable bonds is 7. The Labute approximate surface area is 240 Å². The Morgan fingerprint density at radius 1 is 0.976 bits per heavy atom. The molecule has 2 N–H and O–H groups in total. The maximum absolute atomic E-state index is 13.3. The molecule has 3 aromatic heterocycles. The van der Waals surface area contributed by atoms with Crippen LogP contribution in [0.4, 0.5) is 17.2 Å². The summed E-state index contributed by atoms with van der Waals surface area (Å²) in [6, 6.07) is 3.58. The number of hydrogen-bond acceptors (Lipinski definition) is 9. The second-order valence-corrected chi connectivity index (χ2v) is 11.9. The van der Waals surface area contributed by atoms with Gasteiger partial charge >= 0.3 is 5.97 Å². The van der Waals surface area contributed by atoms with Gasteiger partial charge in [-0.1, -0.05) is 24.1 Å². The van der Waals surface area contributed by atoms with Crippen LogP contribution in [0.1, 0.15) is 82.8 Å². The highest BCUT2D eigenvalue weighted by atomic mass is 16.6. The van der Waals surface area contributed by atoms with Crippen LogP contribution in [0.2, 0.25) is 0 Å². The highest BCUT2D eigenvalue weighted by Crippen LogP contribution is 2.35. The van der Waals surface area contributed by atoms with E-state index >= 15 is 0 Å². The number of nitrogens with one attached hydrogen (secondary N) is 2. The summed E-state index contributed by atoms with van der Waals surface area (Å²) in [7, 11) is 0. The van der Waals surface area contributed by atoms with Gasteiger partial charge in [0.05, 0.1) is 41.3 Å². The van der Waals surface area contributed by atoms with E-state index in [9.17, 15) is 9.59 Å². The third-order valence-electron chi connectivity index (χ3n) is 7.51. The second kappa shape index (κ2) is 11.8. The van der Waals surface area contributed by atoms with Crippen LogP contribution in [0.3, 0.4) is 0 Å². The van der Waals surface area contributed by atoms with E-state index in [2.05, 4.69) is 26.9 Å². The molecule has 0 saturated heterocycles. The van der Waals surface area contributed by atoms with E-state index in [0.717, 1.165) is 37.8 Å². The van der Waals surface area contributed by atoms with Crippen molar-refractivity contribution < 1.29 is 18.8 Å². The van der Waals surface area contributed by atoms with Crippen LogP contribution >= 0.6 is 0 Å². The minimum Gasteiger partial charge on any atom is -0.460 e. The smallest absolute Gasteiger partial charge is 0.310 e. The number of ether oxygens (including phenoxy) is 1. The van der Waals surface area contributed by atoms with E-state index in [-0.39, 0.29) is 11.9 Å². The number of pyridine rings is 1. The molecule has 0 unspecified atom stereocenters. The van der Waals surface area contributed by atoms with E-state index in [1.54, 1.807) is 24.5 Å². The molecule has 2 atom stereocenters. The Bertz CT molecular complexity index is 1470. The average Bonchev–Trinajstić information content (AvgIpc) is 3.60. The number of carbonyl (C=O) groups excluding carboxylic acids is 2. The van der Waals surface area contributed by atoms with Crippen LogP contribution in [-0.2, 0) is 14.3 Å². The van der Waals surface area contributed by atoms with Gasteiger partial charge in [0.15, 0.2) is 0 Å². The molecule has 0 spiro atoms. The second-order valence-electron chi connectivity index (χ2n) is 11.9. The minimum absolute atomic E-state index is 0.188. The molecule has 1 fully saturated rings. The summed E-state index contributed by atoms with van der Waals surface area (Å²) < 4.78 is 11.3. The lowest BCUT2D eigenvalue weighted by atomic mass is 9.78. The number of aromatic nitrogens is 4. The minimum atomic E-state index is -0.596. The van der Waals surface area contributed by atoms with Gasteiger partial charge in [0.1, 0.15) is 28.5 Å². The zero-order valence-electron chi connectivity index (χ0n) is 24.4. The van der Waals surface area contributed by atoms with Crippen LogP contribution in [0.15, 0.2) is 35.1 Å². The summed E-state index contributed by atoms with van der Waals surface area (Å²) in [4.78, 5) is 40.0. The van der Waals surface area contributed by atoms with Crippen molar-refractivity contribution in [2.45, 2.75) is 85.2 Å². The van der Waals surface area contributed by atoms with Gasteiger partial charge in [-0.05, 0) is 84.4 Å². The van der Waals surface area contributed by atoms with Crippen LogP contribution < -0.4 is 10.6 Å². The van der Waals surface area contributed by atoms with Crippen molar-refractivity contribution in [2.24, 2.45) is 11.8 Å². The first-order valence-electron chi connectivity index (χ1n) is 14.4. The number of nitrogens with zero attached hydrogens (tertiary/aromatic N) is 4. The number of allylic oxidation sites excluding steroid dienone is 2. The van der Waals surface area contributed by atoms with Gasteiger partial charge in [-0.2, -0.15) is 0 Å². The number of esters is 1. The fourth-order valence-electron chi connectivity index (χ4n) is 5.45. The SMILES string of the molecule is Cc1nc(-c2onc(C)c2Nc2cncc(C3=CCCC3)n2)ccc1NC(=O)[C@H]1CCCC[C@@H]1C(=O)OC(C)(C)C. The lowest BCUT2D eigenvalue weighted by molar-refractivity contribution is -0.164. The first-order chi connectivity index (χ1) is 19.6. The van der Waals surface area contributed by atoms with E-state index in [4.69, 9.17) is 19.2 Å². The van der Waals surface area contributed by atoms with Crippen molar-refractivity contribution in [1.82, 2.24) is 20.1 Å². The molecule has 216 valence electrons. The van der Waals surface area contributed by atoms with Crippen molar-refractivity contribution in [1.29, 1.82) is 0 Å². The fourth-order valence-corrected chi connectivity index (χ4v) is 5.45. The third kappa shape index (κ3) is 6.64. The van der Waals surface area contributed by atoms with Crippen LogP contribution in [0.25, 0.3) is 17.0 Å². The molecule has 1 saturated carbocycles. The maximum Gasteiger partial charge on any atom is 0.310 e. The molecule has 10 nitrogen and oxygen atoms in total. The van der Waals surface area contributed by atoms with Crippen molar-refractivity contribution >= 4 is 34.6 Å². The molecule has 0 aliphatic heterocycles. The molecule has 41 heavy (non-hydrogen) atoms.